The van der Waals surface area contributed by atoms with Crippen LogP contribution >= 0.6 is 0 Å². The SMILES string of the molecule is CCOC(=O)CCc1cccc(C2(C)CCC(F)(F)CCS(=O)C(C(=O)OCC)Cc3c(c(F)cc4[nH]ccc34)Oc3ccc(F)c(c3)C(=NC)N=C2N)c1. The van der Waals surface area contributed by atoms with Crippen molar-refractivity contribution in [1.29, 1.82) is 0 Å². The number of nitrogens with two attached hydrogens (primary N) is 1. The lowest BCUT2D eigenvalue weighted by Crippen LogP contribution is -2.41. The van der Waals surface area contributed by atoms with Gasteiger partial charge >= 0.3 is 11.9 Å². The molecule has 3 unspecified atom stereocenters. The Morgan fingerprint density at radius 1 is 1.04 bits per heavy atom. The maximum Gasteiger partial charge on any atom is 0.322 e. The van der Waals surface area contributed by atoms with Gasteiger partial charge in [-0.15, -0.1) is 0 Å². The Morgan fingerprint density at radius 3 is 2.53 bits per heavy atom. The number of hydrogen-bond donors (Lipinski definition) is 2. The molecule has 0 fully saturated rings. The second-order valence-electron chi connectivity index (χ2n) is 13.4. The van der Waals surface area contributed by atoms with Crippen LogP contribution in [0, 0.1) is 11.6 Å². The number of aryl methyl sites for hydroxylation is 1. The zero-order valence-corrected chi connectivity index (χ0v) is 31.9. The smallest absolute Gasteiger partial charge is 0.322 e. The van der Waals surface area contributed by atoms with Gasteiger partial charge in [0.2, 0.25) is 5.92 Å². The number of alkyl halides is 2. The van der Waals surface area contributed by atoms with E-state index in [1.807, 2.05) is 0 Å². The summed E-state index contributed by atoms with van der Waals surface area (Å²) in [6.07, 6.45) is -0.279. The molecule has 0 aliphatic carbocycles. The molecule has 1 aliphatic heterocycles. The molecule has 0 radical (unpaired) electrons. The maximum atomic E-state index is 15.9. The Morgan fingerprint density at radius 2 is 1.80 bits per heavy atom. The third-order valence-electron chi connectivity index (χ3n) is 9.67. The van der Waals surface area contributed by atoms with Crippen molar-refractivity contribution < 1.29 is 45.6 Å². The first-order valence-corrected chi connectivity index (χ1v) is 19.3. The first-order chi connectivity index (χ1) is 26.2. The van der Waals surface area contributed by atoms with Crippen LogP contribution < -0.4 is 10.5 Å². The molecule has 55 heavy (non-hydrogen) atoms. The molecule has 294 valence electrons. The number of esters is 2. The number of nitrogens with one attached hydrogen (secondary N) is 1. The summed E-state index contributed by atoms with van der Waals surface area (Å²) in [6, 6.07) is 13.3. The molecule has 1 aromatic heterocycles. The molecule has 0 saturated heterocycles. The van der Waals surface area contributed by atoms with Crippen molar-refractivity contribution in [1.82, 2.24) is 4.98 Å². The van der Waals surface area contributed by atoms with E-state index in [4.69, 9.17) is 19.9 Å². The third kappa shape index (κ3) is 9.61. The molecule has 3 aromatic carbocycles. The minimum atomic E-state index is -3.40. The van der Waals surface area contributed by atoms with Crippen LogP contribution in [0.3, 0.4) is 0 Å². The molecule has 0 amide bonds. The summed E-state index contributed by atoms with van der Waals surface area (Å²) in [5.74, 6) is -7.58. The molecule has 10 nitrogen and oxygen atoms in total. The number of hydrogen-bond acceptors (Lipinski definition) is 8. The number of halogens is 4. The van der Waals surface area contributed by atoms with Crippen molar-refractivity contribution in [2.24, 2.45) is 15.7 Å². The topological polar surface area (TPSA) is 145 Å². The van der Waals surface area contributed by atoms with Crippen LogP contribution in [0.2, 0.25) is 0 Å². The van der Waals surface area contributed by atoms with E-state index in [9.17, 15) is 13.8 Å². The fourth-order valence-electron chi connectivity index (χ4n) is 6.49. The van der Waals surface area contributed by atoms with E-state index in [-0.39, 0.29) is 72.7 Å². The predicted octanol–water partition coefficient (Wildman–Crippen LogP) is 7.47. The van der Waals surface area contributed by atoms with Crippen molar-refractivity contribution in [2.45, 2.75) is 75.9 Å². The molecule has 0 spiro atoms. The predicted molar refractivity (Wildman–Crippen MR) is 203 cm³/mol. The molecular weight excluding hydrogens is 741 g/mol. The average molecular weight is 785 g/mol. The summed E-state index contributed by atoms with van der Waals surface area (Å²) in [4.78, 5) is 36.9. The van der Waals surface area contributed by atoms with Crippen molar-refractivity contribution in [2.75, 3.05) is 26.0 Å². The Bertz CT molecular complexity index is 2140. The number of benzene rings is 3. The van der Waals surface area contributed by atoms with Crippen molar-refractivity contribution in [3.05, 3.63) is 94.7 Å². The van der Waals surface area contributed by atoms with Gasteiger partial charge in [0.15, 0.2) is 17.4 Å². The van der Waals surface area contributed by atoms with Gasteiger partial charge in [-0.25, -0.2) is 22.6 Å². The van der Waals surface area contributed by atoms with Crippen LogP contribution in [0.25, 0.3) is 10.9 Å². The first kappa shape index (κ1) is 41.1. The lowest BCUT2D eigenvalue weighted by molar-refractivity contribution is -0.143. The minimum Gasteiger partial charge on any atom is -0.466 e. The van der Waals surface area contributed by atoms with Crippen LogP contribution in [-0.4, -0.2) is 70.0 Å². The number of H-pyrrole nitrogens is 1. The second-order valence-corrected chi connectivity index (χ2v) is 15.1. The van der Waals surface area contributed by atoms with Gasteiger partial charge in [0.05, 0.1) is 24.2 Å². The van der Waals surface area contributed by atoms with Crippen LogP contribution in [0.15, 0.2) is 70.8 Å². The fourth-order valence-corrected chi connectivity index (χ4v) is 7.91. The summed E-state index contributed by atoms with van der Waals surface area (Å²) in [7, 11) is -0.844. The molecule has 1 aliphatic rings. The molecule has 3 N–H and O–H groups in total. The van der Waals surface area contributed by atoms with Gasteiger partial charge in [-0.05, 0) is 69.0 Å². The average Bonchev–Trinajstić information content (AvgIpc) is 3.63. The Labute approximate surface area is 319 Å². The number of aliphatic imine (C=N–C) groups is 2. The number of carbonyl (C=O) groups is 2. The van der Waals surface area contributed by atoms with Gasteiger partial charge < -0.3 is 24.9 Å². The Kier molecular flexibility index (Phi) is 13.2. The van der Waals surface area contributed by atoms with Gasteiger partial charge in [-0.2, -0.15) is 0 Å². The highest BCUT2D eigenvalue weighted by molar-refractivity contribution is 7.86. The summed E-state index contributed by atoms with van der Waals surface area (Å²) < 4.78 is 93.4. The number of fused-ring (bicyclic) bond motifs is 5. The summed E-state index contributed by atoms with van der Waals surface area (Å²) in [6.45, 7) is 5.05. The fraction of sp³-hybridized carbons (Fsp3) is 0.400. The normalized spacial score (nSPS) is 21.5. The van der Waals surface area contributed by atoms with Gasteiger partial charge in [0, 0.05) is 78.0 Å². The number of aromatic amines is 1. The number of amidine groups is 2. The van der Waals surface area contributed by atoms with E-state index < -0.39 is 63.6 Å². The number of nitrogens with zero attached hydrogens (tertiary/aromatic N) is 2. The molecule has 0 saturated carbocycles. The van der Waals surface area contributed by atoms with Gasteiger partial charge in [0.25, 0.3) is 0 Å². The zero-order valence-electron chi connectivity index (χ0n) is 31.1. The van der Waals surface area contributed by atoms with Crippen LogP contribution in [0.5, 0.6) is 11.5 Å². The van der Waals surface area contributed by atoms with E-state index in [1.54, 1.807) is 57.3 Å². The van der Waals surface area contributed by atoms with Crippen LogP contribution in [-0.2, 0) is 48.1 Å². The largest absolute Gasteiger partial charge is 0.466 e. The van der Waals surface area contributed by atoms with E-state index in [2.05, 4.69) is 15.0 Å². The minimum absolute atomic E-state index is 0.0204. The summed E-state index contributed by atoms with van der Waals surface area (Å²) >= 11 is 0. The maximum absolute atomic E-state index is 15.9. The standard InChI is InChI=1S/C40H44F4N4O6S/c1-5-52-34(49)13-10-24-8-7-9-25(20-24)39(3)15-16-40(43,44)17-19-55(51)33(37(50)53-6-2)22-28-27-14-18-47-32(27)23-31(42)35(28)54-26-11-12-30(41)29(21-26)36(46-4)48-38(39)45/h7-9,11-12,14,18,20-21,23,33,47H,5-6,10,13,15-17,19,22H2,1-4H3,(H2,45,46,48). The van der Waals surface area contributed by atoms with Gasteiger partial charge in [0.1, 0.15) is 22.7 Å². The highest BCUT2D eigenvalue weighted by atomic mass is 32.2. The highest BCUT2D eigenvalue weighted by Crippen LogP contribution is 2.39. The van der Waals surface area contributed by atoms with E-state index in [0.717, 1.165) is 11.6 Å². The number of aromatic nitrogens is 1. The van der Waals surface area contributed by atoms with Crippen molar-refractivity contribution >= 4 is 45.3 Å². The van der Waals surface area contributed by atoms with E-state index in [1.165, 1.54) is 25.2 Å². The number of carbonyl (C=O) groups excluding carboxylic acids is 2. The zero-order chi connectivity index (χ0) is 39.9. The monoisotopic (exact) mass is 784 g/mol. The summed E-state index contributed by atoms with van der Waals surface area (Å²) in [5.41, 5.74) is 6.83. The lowest BCUT2D eigenvalue weighted by atomic mass is 9.75. The molecule has 4 aromatic rings. The Hall–Kier alpha value is -5.05. The quantitative estimate of drug-likeness (QED) is 0.146. The van der Waals surface area contributed by atoms with Gasteiger partial charge in [-0.1, -0.05) is 24.3 Å². The molecule has 15 heteroatoms. The molecule has 2 heterocycles. The van der Waals surface area contributed by atoms with Crippen molar-refractivity contribution in [3.63, 3.8) is 0 Å². The molecule has 3 atom stereocenters. The highest BCUT2D eigenvalue weighted by Gasteiger charge is 2.39. The third-order valence-corrected chi connectivity index (χ3v) is 11.3. The second kappa shape index (κ2) is 17.6. The molecule has 2 bridgehead atoms. The van der Waals surface area contributed by atoms with Gasteiger partial charge in [-0.3, -0.25) is 18.8 Å². The van der Waals surface area contributed by atoms with Crippen molar-refractivity contribution in [3.8, 4) is 11.5 Å². The lowest BCUT2D eigenvalue weighted by Gasteiger charge is -2.32. The first-order valence-electron chi connectivity index (χ1n) is 17.9. The van der Waals surface area contributed by atoms with E-state index in [0.29, 0.717) is 22.9 Å². The Balaban J connectivity index is 1.66. The summed E-state index contributed by atoms with van der Waals surface area (Å²) in [5, 5.41) is -1.02. The van der Waals surface area contributed by atoms with Crippen LogP contribution in [0.4, 0.5) is 17.6 Å². The van der Waals surface area contributed by atoms with Crippen LogP contribution in [0.1, 0.15) is 68.7 Å². The van der Waals surface area contributed by atoms with E-state index >= 15 is 17.6 Å². The number of ether oxygens (including phenoxy) is 3. The molecule has 5 rings (SSSR count). The molecular formula is C40H44F4N4O6S. The number of rotatable bonds is 7.